The van der Waals surface area contributed by atoms with Crippen molar-refractivity contribution in [2.24, 2.45) is 11.8 Å². The first-order valence-corrected chi connectivity index (χ1v) is 6.84. The van der Waals surface area contributed by atoms with Crippen molar-refractivity contribution in [3.05, 3.63) is 0 Å². The molecule has 2 N–H and O–H groups in total. The SMILES string of the molecule is CCCC1CC1NCCC1CCCNC1. The molecule has 0 radical (unpaired) electrons. The zero-order valence-corrected chi connectivity index (χ0v) is 10.1. The van der Waals surface area contributed by atoms with Gasteiger partial charge in [0, 0.05) is 6.04 Å². The molecule has 0 amide bonds. The average molecular weight is 210 g/mol. The van der Waals surface area contributed by atoms with Crippen LogP contribution in [0.4, 0.5) is 0 Å². The van der Waals surface area contributed by atoms with Gasteiger partial charge in [-0.15, -0.1) is 0 Å². The quantitative estimate of drug-likeness (QED) is 0.702. The van der Waals surface area contributed by atoms with Gasteiger partial charge in [-0.1, -0.05) is 13.3 Å². The molecule has 3 unspecified atom stereocenters. The van der Waals surface area contributed by atoms with Crippen LogP contribution >= 0.6 is 0 Å². The Labute approximate surface area is 94.2 Å². The van der Waals surface area contributed by atoms with Crippen molar-refractivity contribution in [1.29, 1.82) is 0 Å². The maximum absolute atomic E-state index is 3.71. The van der Waals surface area contributed by atoms with E-state index in [4.69, 9.17) is 0 Å². The molecule has 1 aliphatic heterocycles. The van der Waals surface area contributed by atoms with E-state index in [1.165, 1.54) is 58.2 Å². The Morgan fingerprint density at radius 3 is 3.00 bits per heavy atom. The van der Waals surface area contributed by atoms with Crippen molar-refractivity contribution in [3.8, 4) is 0 Å². The molecule has 1 heterocycles. The molecule has 0 aromatic carbocycles. The predicted molar refractivity (Wildman–Crippen MR) is 65.0 cm³/mol. The molecule has 3 atom stereocenters. The lowest BCUT2D eigenvalue weighted by Crippen LogP contribution is -2.32. The maximum Gasteiger partial charge on any atom is 0.00991 e. The van der Waals surface area contributed by atoms with Crippen molar-refractivity contribution in [3.63, 3.8) is 0 Å². The molecule has 1 saturated carbocycles. The maximum atomic E-state index is 3.71. The number of nitrogens with one attached hydrogen (secondary N) is 2. The second-order valence-electron chi connectivity index (χ2n) is 5.35. The molecule has 88 valence electrons. The van der Waals surface area contributed by atoms with Gasteiger partial charge in [-0.2, -0.15) is 0 Å². The van der Waals surface area contributed by atoms with Crippen LogP contribution in [0.25, 0.3) is 0 Å². The second kappa shape index (κ2) is 5.86. The van der Waals surface area contributed by atoms with Crippen LogP contribution in [0.5, 0.6) is 0 Å². The van der Waals surface area contributed by atoms with Crippen LogP contribution in [0.1, 0.15) is 45.4 Å². The van der Waals surface area contributed by atoms with E-state index < -0.39 is 0 Å². The lowest BCUT2D eigenvalue weighted by molar-refractivity contribution is 0.350. The van der Waals surface area contributed by atoms with Gasteiger partial charge >= 0.3 is 0 Å². The molecule has 15 heavy (non-hydrogen) atoms. The highest BCUT2D eigenvalue weighted by atomic mass is 15.0. The minimum atomic E-state index is 0.876. The average Bonchev–Trinajstić information content (AvgIpc) is 2.99. The van der Waals surface area contributed by atoms with Crippen molar-refractivity contribution in [2.75, 3.05) is 19.6 Å². The summed E-state index contributed by atoms with van der Waals surface area (Å²) in [6, 6.07) is 0.876. The topological polar surface area (TPSA) is 24.1 Å². The second-order valence-corrected chi connectivity index (χ2v) is 5.35. The molecule has 0 aromatic heterocycles. The minimum Gasteiger partial charge on any atom is -0.316 e. The first-order valence-electron chi connectivity index (χ1n) is 6.84. The van der Waals surface area contributed by atoms with Gasteiger partial charge in [0.2, 0.25) is 0 Å². The Morgan fingerprint density at radius 2 is 2.27 bits per heavy atom. The fourth-order valence-electron chi connectivity index (χ4n) is 2.83. The number of hydrogen-bond acceptors (Lipinski definition) is 2. The molecule has 2 rings (SSSR count). The van der Waals surface area contributed by atoms with Crippen LogP contribution in [-0.4, -0.2) is 25.7 Å². The summed E-state index contributed by atoms with van der Waals surface area (Å²) in [5.74, 6) is 1.95. The Balaban J connectivity index is 1.48. The first-order chi connectivity index (χ1) is 7.40. The molecular formula is C13H26N2. The Kier molecular flexibility index (Phi) is 4.45. The van der Waals surface area contributed by atoms with Crippen LogP contribution in [0.2, 0.25) is 0 Å². The van der Waals surface area contributed by atoms with Gasteiger partial charge in [-0.3, -0.25) is 0 Å². The molecule has 2 fully saturated rings. The van der Waals surface area contributed by atoms with Gasteiger partial charge in [0.1, 0.15) is 0 Å². The van der Waals surface area contributed by atoms with Gasteiger partial charge in [0.05, 0.1) is 0 Å². The molecular weight excluding hydrogens is 184 g/mol. The van der Waals surface area contributed by atoms with Crippen LogP contribution in [0, 0.1) is 11.8 Å². The highest BCUT2D eigenvalue weighted by Crippen LogP contribution is 2.34. The molecule has 0 spiro atoms. The minimum absolute atomic E-state index is 0.876. The van der Waals surface area contributed by atoms with Gasteiger partial charge in [-0.25, -0.2) is 0 Å². The number of rotatable bonds is 6. The summed E-state index contributed by atoms with van der Waals surface area (Å²) in [5.41, 5.74) is 0. The highest BCUT2D eigenvalue weighted by molar-refractivity contribution is 4.92. The van der Waals surface area contributed by atoms with E-state index in [-0.39, 0.29) is 0 Å². The van der Waals surface area contributed by atoms with Crippen LogP contribution in [0.3, 0.4) is 0 Å². The molecule has 2 aliphatic rings. The normalized spacial score (nSPS) is 35.4. The fourth-order valence-corrected chi connectivity index (χ4v) is 2.83. The van der Waals surface area contributed by atoms with E-state index in [2.05, 4.69) is 17.6 Å². The standard InChI is InChI=1S/C13H26N2/c1-2-4-12-9-13(12)15-8-6-11-5-3-7-14-10-11/h11-15H,2-10H2,1H3. The van der Waals surface area contributed by atoms with E-state index in [9.17, 15) is 0 Å². The van der Waals surface area contributed by atoms with Crippen molar-refractivity contribution >= 4 is 0 Å². The summed E-state index contributed by atoms with van der Waals surface area (Å²) in [7, 11) is 0. The summed E-state index contributed by atoms with van der Waals surface area (Å²) < 4.78 is 0. The van der Waals surface area contributed by atoms with Crippen LogP contribution in [-0.2, 0) is 0 Å². The van der Waals surface area contributed by atoms with Crippen molar-refractivity contribution in [2.45, 2.75) is 51.5 Å². The van der Waals surface area contributed by atoms with Crippen molar-refractivity contribution in [1.82, 2.24) is 10.6 Å². The van der Waals surface area contributed by atoms with Gasteiger partial charge in [-0.05, 0) is 63.6 Å². The Hall–Kier alpha value is -0.0800. The summed E-state index contributed by atoms with van der Waals surface area (Å²) in [5, 5.41) is 7.20. The van der Waals surface area contributed by atoms with Crippen LogP contribution in [0.15, 0.2) is 0 Å². The van der Waals surface area contributed by atoms with E-state index in [0.717, 1.165) is 17.9 Å². The van der Waals surface area contributed by atoms with E-state index in [0.29, 0.717) is 0 Å². The van der Waals surface area contributed by atoms with E-state index in [1.54, 1.807) is 0 Å². The van der Waals surface area contributed by atoms with E-state index in [1.807, 2.05) is 0 Å². The molecule has 2 nitrogen and oxygen atoms in total. The summed E-state index contributed by atoms with van der Waals surface area (Å²) in [6.07, 6.45) is 8.43. The third kappa shape index (κ3) is 3.76. The molecule has 1 saturated heterocycles. The van der Waals surface area contributed by atoms with Crippen LogP contribution < -0.4 is 10.6 Å². The monoisotopic (exact) mass is 210 g/mol. The summed E-state index contributed by atoms with van der Waals surface area (Å²) >= 11 is 0. The number of hydrogen-bond donors (Lipinski definition) is 2. The zero-order valence-electron chi connectivity index (χ0n) is 10.1. The largest absolute Gasteiger partial charge is 0.316 e. The van der Waals surface area contributed by atoms with E-state index >= 15 is 0 Å². The lowest BCUT2D eigenvalue weighted by Gasteiger charge is -2.22. The van der Waals surface area contributed by atoms with Crippen molar-refractivity contribution < 1.29 is 0 Å². The molecule has 0 bridgehead atoms. The van der Waals surface area contributed by atoms with Gasteiger partial charge in [0.25, 0.3) is 0 Å². The molecule has 1 aliphatic carbocycles. The fraction of sp³-hybridized carbons (Fsp3) is 1.00. The predicted octanol–water partition coefficient (Wildman–Crippen LogP) is 2.15. The lowest BCUT2D eigenvalue weighted by atomic mass is 9.96. The highest BCUT2D eigenvalue weighted by Gasteiger charge is 2.35. The third-order valence-corrected chi connectivity index (χ3v) is 3.94. The van der Waals surface area contributed by atoms with Gasteiger partial charge < -0.3 is 10.6 Å². The number of piperidine rings is 1. The summed E-state index contributed by atoms with van der Waals surface area (Å²) in [6.45, 7) is 6.04. The summed E-state index contributed by atoms with van der Waals surface area (Å²) in [4.78, 5) is 0. The van der Waals surface area contributed by atoms with Gasteiger partial charge in [0.15, 0.2) is 0 Å². The molecule has 0 aromatic rings. The Morgan fingerprint density at radius 1 is 1.33 bits per heavy atom. The first kappa shape index (κ1) is 11.4. The third-order valence-electron chi connectivity index (χ3n) is 3.94. The smallest absolute Gasteiger partial charge is 0.00991 e. The zero-order chi connectivity index (χ0) is 10.5. The Bertz CT molecular complexity index is 175. The molecule has 2 heteroatoms.